The van der Waals surface area contributed by atoms with E-state index in [1.54, 1.807) is 6.20 Å². The minimum atomic E-state index is 0.0856. The Balaban J connectivity index is 2.72. The molecule has 1 aliphatic rings. The zero-order valence-corrected chi connectivity index (χ0v) is 6.04. The van der Waals surface area contributed by atoms with Crippen LogP contribution in [0.15, 0.2) is 16.8 Å². The SMILES string of the molecule is CC1=CN=CCCC1C#N. The highest BCUT2D eigenvalue weighted by Gasteiger charge is 2.09. The zero-order chi connectivity index (χ0) is 7.40. The van der Waals surface area contributed by atoms with Crippen LogP contribution in [0.2, 0.25) is 0 Å². The predicted octanol–water partition coefficient (Wildman–Crippen LogP) is 1.89. The van der Waals surface area contributed by atoms with Crippen LogP contribution >= 0.6 is 0 Å². The van der Waals surface area contributed by atoms with E-state index >= 15 is 0 Å². The summed E-state index contributed by atoms with van der Waals surface area (Å²) in [5.41, 5.74) is 1.08. The molecule has 0 amide bonds. The quantitative estimate of drug-likeness (QED) is 0.498. The number of nitriles is 1. The van der Waals surface area contributed by atoms with E-state index < -0.39 is 0 Å². The fourth-order valence-corrected chi connectivity index (χ4v) is 0.970. The first kappa shape index (κ1) is 7.01. The maximum atomic E-state index is 8.64. The lowest BCUT2D eigenvalue weighted by Crippen LogP contribution is -1.96. The first-order valence-corrected chi connectivity index (χ1v) is 3.42. The molecule has 0 saturated heterocycles. The van der Waals surface area contributed by atoms with Crippen molar-refractivity contribution in [2.75, 3.05) is 0 Å². The lowest BCUT2D eigenvalue weighted by atomic mass is 9.99. The third kappa shape index (κ3) is 1.44. The van der Waals surface area contributed by atoms with Gasteiger partial charge in [-0.2, -0.15) is 5.26 Å². The van der Waals surface area contributed by atoms with E-state index in [1.165, 1.54) is 0 Å². The highest BCUT2D eigenvalue weighted by Crippen LogP contribution is 2.17. The molecular formula is C8H10N2. The molecule has 0 radical (unpaired) electrons. The van der Waals surface area contributed by atoms with Crippen LogP contribution in [0.3, 0.4) is 0 Å². The van der Waals surface area contributed by atoms with E-state index in [9.17, 15) is 0 Å². The molecule has 0 bridgehead atoms. The molecule has 1 rings (SSSR count). The number of hydrogen-bond donors (Lipinski definition) is 0. The van der Waals surface area contributed by atoms with Crippen LogP contribution in [0.4, 0.5) is 0 Å². The molecule has 0 aliphatic carbocycles. The molecule has 52 valence electrons. The number of nitrogens with zero attached hydrogens (tertiary/aromatic N) is 2. The van der Waals surface area contributed by atoms with E-state index in [-0.39, 0.29) is 5.92 Å². The normalized spacial score (nSPS) is 24.8. The monoisotopic (exact) mass is 134 g/mol. The summed E-state index contributed by atoms with van der Waals surface area (Å²) in [5, 5.41) is 8.64. The van der Waals surface area contributed by atoms with Crippen molar-refractivity contribution in [3.63, 3.8) is 0 Å². The molecule has 0 aromatic rings. The second-order valence-electron chi connectivity index (χ2n) is 2.46. The van der Waals surface area contributed by atoms with Gasteiger partial charge in [0, 0.05) is 12.4 Å². The number of allylic oxidation sites excluding steroid dienone is 1. The summed E-state index contributed by atoms with van der Waals surface area (Å²) in [6, 6.07) is 2.25. The van der Waals surface area contributed by atoms with E-state index in [0.29, 0.717) is 0 Å². The molecule has 2 heteroatoms. The van der Waals surface area contributed by atoms with Crippen molar-refractivity contribution in [3.8, 4) is 6.07 Å². The second kappa shape index (κ2) is 3.17. The molecule has 2 nitrogen and oxygen atoms in total. The maximum absolute atomic E-state index is 8.64. The Morgan fingerprint density at radius 3 is 3.30 bits per heavy atom. The number of hydrogen-bond acceptors (Lipinski definition) is 2. The summed E-state index contributed by atoms with van der Waals surface area (Å²) in [4.78, 5) is 4.01. The molecule has 1 aliphatic heterocycles. The van der Waals surface area contributed by atoms with Crippen molar-refractivity contribution in [1.82, 2.24) is 0 Å². The van der Waals surface area contributed by atoms with Crippen LogP contribution in [0.1, 0.15) is 19.8 Å². The van der Waals surface area contributed by atoms with E-state index in [0.717, 1.165) is 18.4 Å². The Bertz CT molecular complexity index is 208. The first-order chi connectivity index (χ1) is 4.84. The standard InChI is InChI=1S/C8H10N2/c1-7-6-10-4-2-3-8(7)5-9/h4,6,8H,2-3H2,1H3. The van der Waals surface area contributed by atoms with Crippen LogP contribution in [0.5, 0.6) is 0 Å². The van der Waals surface area contributed by atoms with Gasteiger partial charge in [0.25, 0.3) is 0 Å². The first-order valence-electron chi connectivity index (χ1n) is 3.42. The van der Waals surface area contributed by atoms with Crippen LogP contribution in [0, 0.1) is 17.2 Å². The Labute approximate surface area is 60.9 Å². The van der Waals surface area contributed by atoms with Crippen LogP contribution in [-0.4, -0.2) is 6.21 Å². The minimum Gasteiger partial charge on any atom is -0.269 e. The molecule has 1 heterocycles. The van der Waals surface area contributed by atoms with Crippen LogP contribution in [-0.2, 0) is 0 Å². The minimum absolute atomic E-state index is 0.0856. The largest absolute Gasteiger partial charge is 0.269 e. The molecule has 1 atom stereocenters. The lowest BCUT2D eigenvalue weighted by molar-refractivity contribution is 0.719. The van der Waals surface area contributed by atoms with Gasteiger partial charge in [-0.1, -0.05) is 0 Å². The van der Waals surface area contributed by atoms with Crippen LogP contribution < -0.4 is 0 Å². The summed E-state index contributed by atoms with van der Waals surface area (Å²) in [6.45, 7) is 1.95. The Morgan fingerprint density at radius 2 is 2.60 bits per heavy atom. The second-order valence-corrected chi connectivity index (χ2v) is 2.46. The molecule has 0 fully saturated rings. The van der Waals surface area contributed by atoms with Gasteiger partial charge < -0.3 is 0 Å². The van der Waals surface area contributed by atoms with Gasteiger partial charge in [0.1, 0.15) is 0 Å². The van der Waals surface area contributed by atoms with Gasteiger partial charge >= 0.3 is 0 Å². The fourth-order valence-electron chi connectivity index (χ4n) is 0.970. The van der Waals surface area contributed by atoms with Gasteiger partial charge in [-0.05, 0) is 25.3 Å². The van der Waals surface area contributed by atoms with Gasteiger partial charge in [0.2, 0.25) is 0 Å². The molecule has 0 aromatic heterocycles. The topological polar surface area (TPSA) is 36.1 Å². The molecule has 0 spiro atoms. The summed E-state index contributed by atoms with van der Waals surface area (Å²) < 4.78 is 0. The summed E-state index contributed by atoms with van der Waals surface area (Å²) in [7, 11) is 0. The Kier molecular flexibility index (Phi) is 2.22. The van der Waals surface area contributed by atoms with Gasteiger partial charge in [-0.15, -0.1) is 0 Å². The van der Waals surface area contributed by atoms with Crippen molar-refractivity contribution in [3.05, 3.63) is 11.8 Å². The van der Waals surface area contributed by atoms with Crippen molar-refractivity contribution in [1.29, 1.82) is 5.26 Å². The maximum Gasteiger partial charge on any atom is 0.0701 e. The highest BCUT2D eigenvalue weighted by molar-refractivity contribution is 5.59. The molecule has 10 heavy (non-hydrogen) atoms. The lowest BCUT2D eigenvalue weighted by Gasteiger charge is -2.02. The van der Waals surface area contributed by atoms with Crippen molar-refractivity contribution >= 4 is 6.21 Å². The average molecular weight is 134 g/mol. The van der Waals surface area contributed by atoms with Crippen LogP contribution in [0.25, 0.3) is 0 Å². The van der Waals surface area contributed by atoms with Gasteiger partial charge in [0.15, 0.2) is 0 Å². The Hall–Kier alpha value is -1.10. The Morgan fingerprint density at radius 1 is 1.80 bits per heavy atom. The number of rotatable bonds is 0. The van der Waals surface area contributed by atoms with Gasteiger partial charge in [-0.3, -0.25) is 4.99 Å². The summed E-state index contributed by atoms with van der Waals surface area (Å²) in [6.07, 6.45) is 5.48. The third-order valence-corrected chi connectivity index (χ3v) is 1.67. The molecule has 0 saturated carbocycles. The van der Waals surface area contributed by atoms with Crippen molar-refractivity contribution in [2.24, 2.45) is 10.9 Å². The summed E-state index contributed by atoms with van der Waals surface area (Å²) in [5.74, 6) is 0.0856. The van der Waals surface area contributed by atoms with E-state index in [4.69, 9.17) is 5.26 Å². The average Bonchev–Trinajstić information content (AvgIpc) is 2.13. The smallest absolute Gasteiger partial charge is 0.0701 e. The highest BCUT2D eigenvalue weighted by atomic mass is 14.7. The zero-order valence-electron chi connectivity index (χ0n) is 6.04. The van der Waals surface area contributed by atoms with E-state index in [2.05, 4.69) is 11.1 Å². The van der Waals surface area contributed by atoms with Gasteiger partial charge in [0.05, 0.1) is 12.0 Å². The number of aliphatic imine (C=N–C) groups is 1. The third-order valence-electron chi connectivity index (χ3n) is 1.67. The molecule has 0 aromatic carbocycles. The van der Waals surface area contributed by atoms with E-state index in [1.807, 2.05) is 13.1 Å². The molecular weight excluding hydrogens is 124 g/mol. The fraction of sp³-hybridized carbons (Fsp3) is 0.500. The summed E-state index contributed by atoms with van der Waals surface area (Å²) >= 11 is 0. The van der Waals surface area contributed by atoms with Crippen molar-refractivity contribution in [2.45, 2.75) is 19.8 Å². The van der Waals surface area contributed by atoms with Crippen molar-refractivity contribution < 1.29 is 0 Å². The van der Waals surface area contributed by atoms with Gasteiger partial charge in [-0.25, -0.2) is 0 Å². The predicted molar refractivity (Wildman–Crippen MR) is 40.6 cm³/mol. The molecule has 0 N–H and O–H groups in total. The molecule has 1 unspecified atom stereocenters.